The van der Waals surface area contributed by atoms with Crippen molar-refractivity contribution in [3.8, 4) is 0 Å². The van der Waals surface area contributed by atoms with Crippen molar-refractivity contribution in [1.29, 1.82) is 0 Å². The topological polar surface area (TPSA) is 41.1 Å². The highest BCUT2D eigenvalue weighted by Crippen LogP contribution is 2.17. The van der Waals surface area contributed by atoms with Gasteiger partial charge in [-0.15, -0.1) is 12.4 Å². The SMILES string of the molecule is Cl.O=C(NC1CCCCCC1)[C@@H]1CCCCN1. The fourth-order valence-corrected chi connectivity index (χ4v) is 2.80. The molecule has 2 rings (SSSR count). The number of nitrogens with one attached hydrogen (secondary N) is 2. The van der Waals surface area contributed by atoms with E-state index in [9.17, 15) is 4.79 Å². The summed E-state index contributed by atoms with van der Waals surface area (Å²) in [5.41, 5.74) is 0. The average Bonchev–Trinajstić information content (AvgIpc) is 2.59. The Hall–Kier alpha value is -0.280. The molecule has 3 nitrogen and oxygen atoms in total. The Morgan fingerprint density at radius 3 is 2.18 bits per heavy atom. The maximum absolute atomic E-state index is 12.0. The van der Waals surface area contributed by atoms with Gasteiger partial charge in [-0.3, -0.25) is 4.79 Å². The van der Waals surface area contributed by atoms with E-state index < -0.39 is 0 Å². The molecule has 0 aromatic heterocycles. The highest BCUT2D eigenvalue weighted by Gasteiger charge is 2.23. The van der Waals surface area contributed by atoms with E-state index in [1.165, 1.54) is 51.4 Å². The predicted molar refractivity (Wildman–Crippen MR) is 72.5 cm³/mol. The summed E-state index contributed by atoms with van der Waals surface area (Å²) in [6.07, 6.45) is 11.0. The van der Waals surface area contributed by atoms with E-state index in [1.807, 2.05) is 0 Å². The van der Waals surface area contributed by atoms with E-state index in [1.54, 1.807) is 0 Å². The third kappa shape index (κ3) is 4.84. The zero-order valence-electron chi connectivity index (χ0n) is 10.5. The fraction of sp³-hybridized carbons (Fsp3) is 0.923. The summed E-state index contributed by atoms with van der Waals surface area (Å²) in [6.45, 7) is 1.00. The number of halogens is 1. The summed E-state index contributed by atoms with van der Waals surface area (Å²) in [7, 11) is 0. The lowest BCUT2D eigenvalue weighted by atomic mass is 10.0. The number of hydrogen-bond donors (Lipinski definition) is 2. The second-order valence-corrected chi connectivity index (χ2v) is 5.20. The number of carbonyl (C=O) groups excluding carboxylic acids is 1. The fourth-order valence-electron chi connectivity index (χ4n) is 2.80. The molecule has 100 valence electrons. The van der Waals surface area contributed by atoms with Crippen LogP contribution in [0.4, 0.5) is 0 Å². The van der Waals surface area contributed by atoms with Crippen LogP contribution in [0, 0.1) is 0 Å². The Morgan fingerprint density at radius 1 is 0.941 bits per heavy atom. The molecule has 0 radical (unpaired) electrons. The predicted octanol–water partition coefficient (Wildman–Crippen LogP) is 2.39. The van der Waals surface area contributed by atoms with Crippen LogP contribution in [0.15, 0.2) is 0 Å². The van der Waals surface area contributed by atoms with Crippen molar-refractivity contribution in [2.24, 2.45) is 0 Å². The molecule has 2 aliphatic rings. The maximum atomic E-state index is 12.0. The van der Waals surface area contributed by atoms with Crippen molar-refractivity contribution >= 4 is 18.3 Å². The number of carbonyl (C=O) groups is 1. The molecule has 0 bridgehead atoms. The van der Waals surface area contributed by atoms with Crippen LogP contribution in [0.1, 0.15) is 57.8 Å². The molecule has 1 heterocycles. The van der Waals surface area contributed by atoms with Gasteiger partial charge in [-0.25, -0.2) is 0 Å². The summed E-state index contributed by atoms with van der Waals surface area (Å²) in [6, 6.07) is 0.524. The van der Waals surface area contributed by atoms with Gasteiger partial charge in [-0.1, -0.05) is 32.1 Å². The van der Waals surface area contributed by atoms with Gasteiger partial charge in [0.1, 0.15) is 0 Å². The van der Waals surface area contributed by atoms with Crippen LogP contribution in [0.2, 0.25) is 0 Å². The second kappa shape index (κ2) is 7.93. The van der Waals surface area contributed by atoms with Crippen LogP contribution < -0.4 is 10.6 Å². The number of rotatable bonds is 2. The zero-order valence-corrected chi connectivity index (χ0v) is 11.4. The summed E-state index contributed by atoms with van der Waals surface area (Å²) >= 11 is 0. The minimum Gasteiger partial charge on any atom is -0.352 e. The van der Waals surface area contributed by atoms with Gasteiger partial charge in [0.2, 0.25) is 5.91 Å². The van der Waals surface area contributed by atoms with Crippen molar-refractivity contribution in [2.75, 3.05) is 6.54 Å². The first-order valence-electron chi connectivity index (χ1n) is 6.90. The first-order chi connectivity index (χ1) is 7.86. The monoisotopic (exact) mass is 260 g/mol. The van der Waals surface area contributed by atoms with Crippen molar-refractivity contribution < 1.29 is 4.79 Å². The van der Waals surface area contributed by atoms with Crippen LogP contribution in [0.3, 0.4) is 0 Å². The van der Waals surface area contributed by atoms with Gasteiger partial charge < -0.3 is 10.6 Å². The van der Waals surface area contributed by atoms with E-state index in [4.69, 9.17) is 0 Å². The molecule has 2 fully saturated rings. The van der Waals surface area contributed by atoms with E-state index in [0.717, 1.165) is 13.0 Å². The van der Waals surface area contributed by atoms with Crippen LogP contribution in [-0.4, -0.2) is 24.5 Å². The normalized spacial score (nSPS) is 26.7. The lowest BCUT2D eigenvalue weighted by Gasteiger charge is -2.25. The number of amides is 1. The highest BCUT2D eigenvalue weighted by molar-refractivity contribution is 5.85. The van der Waals surface area contributed by atoms with Crippen LogP contribution >= 0.6 is 12.4 Å². The van der Waals surface area contributed by atoms with E-state index >= 15 is 0 Å². The molecule has 2 N–H and O–H groups in total. The van der Waals surface area contributed by atoms with Crippen molar-refractivity contribution in [1.82, 2.24) is 10.6 Å². The van der Waals surface area contributed by atoms with Gasteiger partial charge >= 0.3 is 0 Å². The van der Waals surface area contributed by atoms with Gasteiger partial charge in [-0.2, -0.15) is 0 Å². The molecule has 1 saturated carbocycles. The van der Waals surface area contributed by atoms with Crippen LogP contribution in [-0.2, 0) is 4.79 Å². The zero-order chi connectivity index (χ0) is 11.2. The Morgan fingerprint density at radius 2 is 1.59 bits per heavy atom. The molecule has 1 amide bonds. The largest absolute Gasteiger partial charge is 0.352 e. The molecule has 0 aromatic rings. The Kier molecular flexibility index (Phi) is 6.90. The first-order valence-corrected chi connectivity index (χ1v) is 6.90. The van der Waals surface area contributed by atoms with Gasteiger partial charge in [0.25, 0.3) is 0 Å². The Labute approximate surface area is 111 Å². The van der Waals surface area contributed by atoms with Crippen molar-refractivity contribution in [3.63, 3.8) is 0 Å². The Bertz CT molecular complexity index is 221. The van der Waals surface area contributed by atoms with Gasteiger partial charge in [0, 0.05) is 6.04 Å². The van der Waals surface area contributed by atoms with Gasteiger partial charge in [-0.05, 0) is 32.2 Å². The maximum Gasteiger partial charge on any atom is 0.237 e. The van der Waals surface area contributed by atoms with Crippen molar-refractivity contribution in [3.05, 3.63) is 0 Å². The molecule has 1 aliphatic carbocycles. The first kappa shape index (κ1) is 14.8. The molecule has 0 spiro atoms. The second-order valence-electron chi connectivity index (χ2n) is 5.20. The minimum absolute atomic E-state index is 0. The lowest BCUT2D eigenvalue weighted by Crippen LogP contribution is -2.49. The third-order valence-corrected chi connectivity index (χ3v) is 3.83. The van der Waals surface area contributed by atoms with E-state index in [-0.39, 0.29) is 24.4 Å². The highest BCUT2D eigenvalue weighted by atomic mass is 35.5. The third-order valence-electron chi connectivity index (χ3n) is 3.83. The van der Waals surface area contributed by atoms with E-state index in [2.05, 4.69) is 10.6 Å². The molecule has 1 saturated heterocycles. The molecule has 1 aliphatic heterocycles. The molecular formula is C13H25ClN2O. The molecule has 4 heteroatoms. The van der Waals surface area contributed by atoms with E-state index in [0.29, 0.717) is 6.04 Å². The minimum atomic E-state index is 0. The quantitative estimate of drug-likeness (QED) is 0.749. The molecule has 17 heavy (non-hydrogen) atoms. The molecule has 0 aromatic carbocycles. The number of hydrogen-bond acceptors (Lipinski definition) is 2. The molecular weight excluding hydrogens is 236 g/mol. The van der Waals surface area contributed by atoms with Crippen molar-refractivity contribution in [2.45, 2.75) is 69.9 Å². The van der Waals surface area contributed by atoms with Gasteiger partial charge in [0.15, 0.2) is 0 Å². The van der Waals surface area contributed by atoms with Crippen LogP contribution in [0.5, 0.6) is 0 Å². The summed E-state index contributed by atoms with van der Waals surface area (Å²) in [4.78, 5) is 12.0. The summed E-state index contributed by atoms with van der Waals surface area (Å²) < 4.78 is 0. The summed E-state index contributed by atoms with van der Waals surface area (Å²) in [5.74, 6) is 0.242. The number of piperidine rings is 1. The molecule has 1 atom stereocenters. The van der Waals surface area contributed by atoms with Gasteiger partial charge in [0.05, 0.1) is 6.04 Å². The lowest BCUT2D eigenvalue weighted by molar-refractivity contribution is -0.124. The Balaban J connectivity index is 0.00000144. The average molecular weight is 261 g/mol. The van der Waals surface area contributed by atoms with Crippen LogP contribution in [0.25, 0.3) is 0 Å². The summed E-state index contributed by atoms with van der Waals surface area (Å²) in [5, 5.41) is 6.54. The standard InChI is InChI=1S/C13H24N2O.ClH/c16-13(12-9-5-6-10-14-12)15-11-7-3-1-2-4-8-11;/h11-12,14H,1-10H2,(H,15,16);1H/t12-;/m0./s1. The smallest absolute Gasteiger partial charge is 0.237 e. The molecule has 0 unspecified atom stereocenters.